The quantitative estimate of drug-likeness (QED) is 0.364. The molecule has 0 radical (unpaired) electrons. The van der Waals surface area contributed by atoms with Crippen molar-refractivity contribution in [3.63, 3.8) is 0 Å². The normalized spacial score (nSPS) is 15.4. The number of ether oxygens (including phenoxy) is 1. The molecule has 184 valence electrons. The van der Waals surface area contributed by atoms with Crippen LogP contribution in [0.5, 0.6) is 0 Å². The number of pyridine rings is 1. The minimum Gasteiger partial charge on any atom is -0.471 e. The number of likely N-dealkylation sites (N-methyl/N-ethyl adjacent to an activating group) is 1. The maximum Gasteiger partial charge on any atom is 0.246 e. The molecule has 0 spiro atoms. The Bertz CT molecular complexity index is 1240. The summed E-state index contributed by atoms with van der Waals surface area (Å²) in [4.78, 5) is 27.4. The first-order valence-corrected chi connectivity index (χ1v) is 11.4. The van der Waals surface area contributed by atoms with Gasteiger partial charge >= 0.3 is 0 Å². The Morgan fingerprint density at radius 1 is 1.23 bits per heavy atom. The Balaban J connectivity index is 1.38. The van der Waals surface area contributed by atoms with Gasteiger partial charge in [-0.1, -0.05) is 6.07 Å². The summed E-state index contributed by atoms with van der Waals surface area (Å²) >= 11 is 0. The van der Waals surface area contributed by atoms with Crippen molar-refractivity contribution in [1.82, 2.24) is 24.7 Å². The van der Waals surface area contributed by atoms with E-state index in [9.17, 15) is 4.79 Å². The second-order valence-corrected chi connectivity index (χ2v) is 9.60. The number of rotatable bonds is 6. The van der Waals surface area contributed by atoms with Crippen LogP contribution in [0.15, 0.2) is 30.7 Å². The Hall–Kier alpha value is -4.02. The average molecular weight is 478 g/mol. The summed E-state index contributed by atoms with van der Waals surface area (Å²) in [6, 6.07) is 3.40. The van der Waals surface area contributed by atoms with Crippen molar-refractivity contribution < 1.29 is 9.53 Å². The van der Waals surface area contributed by atoms with E-state index in [1.54, 1.807) is 18.5 Å². The highest BCUT2D eigenvalue weighted by Crippen LogP contribution is 2.32. The largest absolute Gasteiger partial charge is 0.471 e. The van der Waals surface area contributed by atoms with Gasteiger partial charge in [0.25, 0.3) is 0 Å². The summed E-state index contributed by atoms with van der Waals surface area (Å²) in [6.07, 6.45) is 5.47. The molecular weight excluding hydrogens is 446 g/mol. The summed E-state index contributed by atoms with van der Waals surface area (Å²) in [6.45, 7) is 10.4. The van der Waals surface area contributed by atoms with Gasteiger partial charge in [0.2, 0.25) is 17.8 Å². The van der Waals surface area contributed by atoms with Gasteiger partial charge in [-0.15, -0.1) is 0 Å². The molecule has 11 heteroatoms. The number of nitrogens with one attached hydrogen (secondary N) is 3. The second-order valence-electron chi connectivity index (χ2n) is 9.60. The SMILES string of the molecule is Cc1nc(NCc2cnn(Cc3ccc(C(=N)OC(C)(C)C)nc3)c2)nc2c1NC(=O)[C@H](C)N2C. The number of hydrogen-bond acceptors (Lipinski definition) is 9. The first-order valence-electron chi connectivity index (χ1n) is 11.4. The van der Waals surface area contributed by atoms with Gasteiger partial charge in [-0.05, 0) is 46.2 Å². The monoisotopic (exact) mass is 477 g/mol. The lowest BCUT2D eigenvalue weighted by molar-refractivity contribution is -0.117. The molecule has 0 bridgehead atoms. The molecule has 0 aromatic carbocycles. The summed E-state index contributed by atoms with van der Waals surface area (Å²) in [5.74, 6) is 1.17. The Kier molecular flexibility index (Phi) is 6.42. The van der Waals surface area contributed by atoms with E-state index in [1.807, 2.05) is 63.5 Å². The standard InChI is InChI=1S/C24H31N9O2/c1-14-19-21(32(6)15(2)22(34)30-19)31-23(29-14)27-10-17-11-28-33(13-17)12-16-7-8-18(26-9-16)20(25)35-24(3,4)5/h7-9,11,13,15,25H,10,12H2,1-6H3,(H,30,34)(H,27,29,31)/t15-/m0/s1. The van der Waals surface area contributed by atoms with Crippen LogP contribution < -0.4 is 15.5 Å². The van der Waals surface area contributed by atoms with E-state index in [2.05, 4.69) is 30.7 Å². The Morgan fingerprint density at radius 3 is 2.69 bits per heavy atom. The minimum atomic E-state index is -0.440. The van der Waals surface area contributed by atoms with Crippen LogP contribution in [0.2, 0.25) is 0 Å². The van der Waals surface area contributed by atoms with Gasteiger partial charge in [-0.25, -0.2) is 4.98 Å². The van der Waals surface area contributed by atoms with E-state index < -0.39 is 5.60 Å². The van der Waals surface area contributed by atoms with E-state index in [0.29, 0.717) is 41.9 Å². The van der Waals surface area contributed by atoms with E-state index in [-0.39, 0.29) is 17.8 Å². The lowest BCUT2D eigenvalue weighted by Crippen LogP contribution is -2.44. The van der Waals surface area contributed by atoms with Crippen LogP contribution in [0.1, 0.15) is 50.2 Å². The van der Waals surface area contributed by atoms with Crippen molar-refractivity contribution in [3.05, 3.63) is 53.2 Å². The van der Waals surface area contributed by atoms with Gasteiger partial charge in [-0.2, -0.15) is 10.1 Å². The van der Waals surface area contributed by atoms with Crippen LogP contribution >= 0.6 is 0 Å². The highest BCUT2D eigenvalue weighted by molar-refractivity contribution is 6.03. The van der Waals surface area contributed by atoms with Crippen molar-refractivity contribution in [2.45, 2.75) is 59.4 Å². The lowest BCUT2D eigenvalue weighted by Gasteiger charge is -2.32. The molecule has 3 N–H and O–H groups in total. The zero-order valence-corrected chi connectivity index (χ0v) is 20.9. The first-order chi connectivity index (χ1) is 16.5. The van der Waals surface area contributed by atoms with E-state index in [1.165, 1.54) is 0 Å². The van der Waals surface area contributed by atoms with Crippen LogP contribution in [0.25, 0.3) is 0 Å². The van der Waals surface area contributed by atoms with Crippen LogP contribution in [0, 0.1) is 12.3 Å². The molecule has 3 aromatic rings. The third kappa shape index (κ3) is 5.56. The average Bonchev–Trinajstić information content (AvgIpc) is 3.23. The molecule has 3 aromatic heterocycles. The number of hydrogen-bond donors (Lipinski definition) is 3. The van der Waals surface area contributed by atoms with Crippen LogP contribution in [-0.4, -0.2) is 55.2 Å². The van der Waals surface area contributed by atoms with Crippen LogP contribution in [0.4, 0.5) is 17.5 Å². The predicted octanol–water partition coefficient (Wildman–Crippen LogP) is 2.95. The van der Waals surface area contributed by atoms with Gasteiger partial charge in [0, 0.05) is 31.5 Å². The third-order valence-electron chi connectivity index (χ3n) is 5.56. The molecule has 11 nitrogen and oxygen atoms in total. The zero-order valence-electron chi connectivity index (χ0n) is 20.9. The number of fused-ring (bicyclic) bond motifs is 1. The molecule has 0 unspecified atom stereocenters. The predicted molar refractivity (Wildman–Crippen MR) is 134 cm³/mol. The highest BCUT2D eigenvalue weighted by Gasteiger charge is 2.30. The second kappa shape index (κ2) is 9.32. The lowest BCUT2D eigenvalue weighted by atomic mass is 10.2. The number of carbonyl (C=O) groups is 1. The molecule has 4 heterocycles. The molecule has 1 amide bonds. The van der Waals surface area contributed by atoms with Crippen LogP contribution in [0.3, 0.4) is 0 Å². The van der Waals surface area contributed by atoms with Gasteiger partial charge in [0.05, 0.1) is 18.4 Å². The molecule has 0 fully saturated rings. The molecule has 35 heavy (non-hydrogen) atoms. The number of amides is 1. The zero-order chi connectivity index (χ0) is 25.3. The number of nitrogens with zero attached hydrogens (tertiary/aromatic N) is 6. The molecule has 1 atom stereocenters. The Morgan fingerprint density at radius 2 is 2.00 bits per heavy atom. The van der Waals surface area contributed by atoms with Gasteiger partial charge in [-0.3, -0.25) is 19.9 Å². The maximum atomic E-state index is 12.1. The molecule has 1 aliphatic heterocycles. The van der Waals surface area contributed by atoms with Gasteiger partial charge < -0.3 is 20.3 Å². The Labute approximate surface area is 204 Å². The summed E-state index contributed by atoms with van der Waals surface area (Å²) < 4.78 is 7.40. The molecule has 0 saturated heterocycles. The fraction of sp³-hybridized carbons (Fsp3) is 0.417. The minimum absolute atomic E-state index is 0.0548. The molecule has 0 saturated carbocycles. The van der Waals surface area contributed by atoms with Crippen molar-refractivity contribution in [3.8, 4) is 0 Å². The van der Waals surface area contributed by atoms with E-state index in [4.69, 9.17) is 10.1 Å². The van der Waals surface area contributed by atoms with E-state index >= 15 is 0 Å². The van der Waals surface area contributed by atoms with Crippen molar-refractivity contribution >= 4 is 29.3 Å². The summed E-state index contributed by atoms with van der Waals surface area (Å²) in [5, 5.41) is 18.6. The highest BCUT2D eigenvalue weighted by atomic mass is 16.5. The fourth-order valence-electron chi connectivity index (χ4n) is 3.59. The summed E-state index contributed by atoms with van der Waals surface area (Å²) in [7, 11) is 1.85. The van der Waals surface area contributed by atoms with Crippen LogP contribution in [-0.2, 0) is 22.6 Å². The third-order valence-corrected chi connectivity index (χ3v) is 5.56. The fourth-order valence-corrected chi connectivity index (χ4v) is 3.59. The first kappa shape index (κ1) is 24.1. The van der Waals surface area contributed by atoms with Gasteiger partial charge in [0.1, 0.15) is 23.0 Å². The van der Waals surface area contributed by atoms with Crippen molar-refractivity contribution in [2.75, 3.05) is 22.6 Å². The molecule has 1 aliphatic rings. The van der Waals surface area contributed by atoms with Crippen molar-refractivity contribution in [1.29, 1.82) is 5.41 Å². The van der Waals surface area contributed by atoms with Crippen molar-refractivity contribution in [2.24, 2.45) is 0 Å². The smallest absolute Gasteiger partial charge is 0.246 e. The molecular formula is C24H31N9O2. The number of anilines is 3. The van der Waals surface area contributed by atoms with E-state index in [0.717, 1.165) is 11.1 Å². The molecule has 4 rings (SSSR count). The maximum absolute atomic E-state index is 12.1. The summed E-state index contributed by atoms with van der Waals surface area (Å²) in [5.41, 5.74) is 3.35. The topological polar surface area (TPSA) is 134 Å². The number of carbonyl (C=O) groups excluding carboxylic acids is 1. The van der Waals surface area contributed by atoms with Gasteiger partial charge in [0.15, 0.2) is 5.82 Å². The molecule has 0 aliphatic carbocycles. The number of aromatic nitrogens is 5. The number of aryl methyl sites for hydroxylation is 1.